The number of hydrogen-bond donors (Lipinski definition) is 4. The Morgan fingerprint density at radius 2 is 2.03 bits per heavy atom. The van der Waals surface area contributed by atoms with Crippen LogP contribution in [0.4, 0.5) is 28.8 Å². The van der Waals surface area contributed by atoms with Gasteiger partial charge in [-0.2, -0.15) is 10.1 Å². The molecule has 0 aliphatic heterocycles. The minimum absolute atomic E-state index is 0.410. The maximum atomic E-state index is 12.0. The van der Waals surface area contributed by atoms with Crippen LogP contribution < -0.4 is 14.9 Å². The molecule has 0 amide bonds. The van der Waals surface area contributed by atoms with Gasteiger partial charge in [0.2, 0.25) is 5.95 Å². The van der Waals surface area contributed by atoms with Gasteiger partial charge in [0.05, 0.1) is 27.6 Å². The third kappa shape index (κ3) is 4.59. The standard InChI is InChI=1S/C21H20BrN7O2S/c22-16-11-23-21(25-15-8-7-14-10-24-28-18(14)9-15)27-20(16)26-17-3-1-2-4-19(17)29(32(30)31)12-13-5-6-13/h1-4,7-11,13H,5-6,12H2,(H,24,28)(H,30,31)(H2,23,25,26,27). The van der Waals surface area contributed by atoms with Crippen molar-refractivity contribution < 1.29 is 8.76 Å². The first-order valence-electron chi connectivity index (χ1n) is 10.0. The van der Waals surface area contributed by atoms with Crippen LogP contribution in [0.5, 0.6) is 0 Å². The Kier molecular flexibility index (Phi) is 5.77. The van der Waals surface area contributed by atoms with Gasteiger partial charge in [0.15, 0.2) is 0 Å². The molecule has 2 aromatic heterocycles. The van der Waals surface area contributed by atoms with Crippen molar-refractivity contribution in [3.63, 3.8) is 0 Å². The smallest absolute Gasteiger partial charge is 0.261 e. The van der Waals surface area contributed by atoms with Crippen molar-refractivity contribution in [3.05, 3.63) is 59.3 Å². The molecule has 32 heavy (non-hydrogen) atoms. The van der Waals surface area contributed by atoms with E-state index in [2.05, 4.69) is 46.7 Å². The molecule has 164 valence electrons. The highest BCUT2D eigenvalue weighted by Crippen LogP contribution is 2.36. The number of halogens is 1. The molecule has 0 spiro atoms. The molecule has 1 aliphatic carbocycles. The van der Waals surface area contributed by atoms with Crippen molar-refractivity contribution in [2.24, 2.45) is 5.92 Å². The third-order valence-electron chi connectivity index (χ3n) is 5.18. The van der Waals surface area contributed by atoms with Gasteiger partial charge in [0.1, 0.15) is 5.82 Å². The van der Waals surface area contributed by atoms with Crippen molar-refractivity contribution in [3.8, 4) is 0 Å². The number of H-pyrrole nitrogens is 1. The lowest BCUT2D eigenvalue weighted by Crippen LogP contribution is -2.28. The summed E-state index contributed by atoms with van der Waals surface area (Å²) >= 11 is 1.37. The number of rotatable bonds is 8. The van der Waals surface area contributed by atoms with Crippen molar-refractivity contribution in [2.75, 3.05) is 21.5 Å². The van der Waals surface area contributed by atoms with E-state index in [0.717, 1.165) is 29.4 Å². The van der Waals surface area contributed by atoms with Gasteiger partial charge in [-0.3, -0.25) is 14.0 Å². The van der Waals surface area contributed by atoms with Crippen LogP contribution in [0.3, 0.4) is 0 Å². The van der Waals surface area contributed by atoms with E-state index in [1.807, 2.05) is 42.5 Å². The number of benzene rings is 2. The molecule has 4 N–H and O–H groups in total. The van der Waals surface area contributed by atoms with E-state index in [0.29, 0.717) is 40.1 Å². The van der Waals surface area contributed by atoms with Crippen LogP contribution in [-0.2, 0) is 11.3 Å². The summed E-state index contributed by atoms with van der Waals surface area (Å²) in [6, 6.07) is 13.2. The van der Waals surface area contributed by atoms with Crippen LogP contribution in [0.1, 0.15) is 12.8 Å². The monoisotopic (exact) mass is 513 g/mol. The molecular formula is C21H20BrN7O2S. The normalized spacial score (nSPS) is 14.3. The van der Waals surface area contributed by atoms with Crippen molar-refractivity contribution in [2.45, 2.75) is 12.8 Å². The highest BCUT2D eigenvalue weighted by atomic mass is 79.9. The quantitative estimate of drug-likeness (QED) is 0.246. The van der Waals surface area contributed by atoms with Crippen LogP contribution in [-0.4, -0.2) is 35.5 Å². The zero-order valence-corrected chi connectivity index (χ0v) is 19.2. The molecule has 0 radical (unpaired) electrons. The maximum Gasteiger partial charge on any atom is 0.261 e. The number of nitrogens with one attached hydrogen (secondary N) is 3. The van der Waals surface area contributed by atoms with E-state index in [1.54, 1.807) is 12.4 Å². The lowest BCUT2D eigenvalue weighted by Gasteiger charge is -2.23. The topological polar surface area (TPSA) is 119 Å². The number of hydrogen-bond acceptors (Lipinski definition) is 6. The van der Waals surface area contributed by atoms with E-state index in [9.17, 15) is 8.76 Å². The first-order valence-corrected chi connectivity index (χ1v) is 11.9. The van der Waals surface area contributed by atoms with Crippen molar-refractivity contribution in [1.29, 1.82) is 0 Å². The van der Waals surface area contributed by atoms with Gasteiger partial charge in [-0.15, -0.1) is 0 Å². The second kappa shape index (κ2) is 8.85. The fourth-order valence-electron chi connectivity index (χ4n) is 3.36. The predicted molar refractivity (Wildman–Crippen MR) is 130 cm³/mol. The van der Waals surface area contributed by atoms with E-state index >= 15 is 0 Å². The maximum absolute atomic E-state index is 12.0. The zero-order chi connectivity index (χ0) is 22.1. The Morgan fingerprint density at radius 1 is 1.19 bits per heavy atom. The summed E-state index contributed by atoms with van der Waals surface area (Å²) in [4.78, 5) is 8.93. The Bertz CT molecular complexity index is 1290. The van der Waals surface area contributed by atoms with Gasteiger partial charge in [0.25, 0.3) is 11.3 Å². The van der Waals surface area contributed by atoms with E-state index in [1.165, 1.54) is 4.31 Å². The first-order chi connectivity index (χ1) is 15.6. The Labute approximate surface area is 195 Å². The molecule has 1 aliphatic rings. The van der Waals surface area contributed by atoms with Gasteiger partial charge in [-0.1, -0.05) is 12.1 Å². The van der Waals surface area contributed by atoms with E-state index in [-0.39, 0.29) is 0 Å². The van der Waals surface area contributed by atoms with Gasteiger partial charge >= 0.3 is 0 Å². The fraction of sp³-hybridized carbons (Fsp3) is 0.190. The first kappa shape index (κ1) is 20.9. The van der Waals surface area contributed by atoms with E-state index in [4.69, 9.17) is 0 Å². The number of nitrogens with zero attached hydrogens (tertiary/aromatic N) is 4. The number of anilines is 5. The lowest BCUT2D eigenvalue weighted by molar-refractivity contribution is 0.556. The summed E-state index contributed by atoms with van der Waals surface area (Å²) in [7, 11) is 0. The molecule has 1 saturated carbocycles. The molecule has 0 bridgehead atoms. The van der Waals surface area contributed by atoms with E-state index < -0.39 is 11.3 Å². The molecule has 5 rings (SSSR count). The van der Waals surface area contributed by atoms with Gasteiger partial charge in [-0.25, -0.2) is 9.19 Å². The van der Waals surface area contributed by atoms with Crippen LogP contribution in [0.2, 0.25) is 0 Å². The van der Waals surface area contributed by atoms with Crippen LogP contribution in [0, 0.1) is 5.92 Å². The fourth-order valence-corrected chi connectivity index (χ4v) is 4.32. The van der Waals surface area contributed by atoms with Crippen LogP contribution in [0.25, 0.3) is 10.9 Å². The van der Waals surface area contributed by atoms with Crippen molar-refractivity contribution in [1.82, 2.24) is 20.2 Å². The summed E-state index contributed by atoms with van der Waals surface area (Å²) in [6.45, 7) is 0.537. The molecule has 1 fully saturated rings. The average molecular weight is 514 g/mol. The zero-order valence-electron chi connectivity index (χ0n) is 16.8. The summed E-state index contributed by atoms with van der Waals surface area (Å²) in [5.74, 6) is 1.40. The molecule has 11 heteroatoms. The highest BCUT2D eigenvalue weighted by Gasteiger charge is 2.28. The second-order valence-electron chi connectivity index (χ2n) is 7.56. The third-order valence-corrected chi connectivity index (χ3v) is 6.48. The molecule has 2 aromatic carbocycles. The Morgan fingerprint density at radius 3 is 2.84 bits per heavy atom. The minimum atomic E-state index is -2.12. The molecule has 1 unspecified atom stereocenters. The molecule has 0 saturated heterocycles. The summed E-state index contributed by atoms with van der Waals surface area (Å²) in [5, 5.41) is 14.5. The molecular weight excluding hydrogens is 494 g/mol. The number of aromatic nitrogens is 4. The Hall–Kier alpha value is -3.02. The predicted octanol–water partition coefficient (Wildman–Crippen LogP) is 4.96. The summed E-state index contributed by atoms with van der Waals surface area (Å²) in [6.07, 6.45) is 5.59. The summed E-state index contributed by atoms with van der Waals surface area (Å²) in [5.41, 5.74) is 3.05. The molecule has 4 aromatic rings. The van der Waals surface area contributed by atoms with Gasteiger partial charge in [0, 0.05) is 23.8 Å². The number of aromatic amines is 1. The van der Waals surface area contributed by atoms with Crippen LogP contribution >= 0.6 is 15.9 Å². The largest absolute Gasteiger partial charge is 0.337 e. The van der Waals surface area contributed by atoms with Crippen LogP contribution in [0.15, 0.2) is 59.3 Å². The Balaban J connectivity index is 1.41. The number of fused-ring (bicyclic) bond motifs is 1. The average Bonchev–Trinajstić information content (AvgIpc) is 3.49. The molecule has 9 nitrogen and oxygen atoms in total. The molecule has 2 heterocycles. The second-order valence-corrected chi connectivity index (χ2v) is 9.32. The minimum Gasteiger partial charge on any atom is -0.337 e. The number of para-hydroxylation sites is 2. The van der Waals surface area contributed by atoms with Gasteiger partial charge < -0.3 is 10.6 Å². The van der Waals surface area contributed by atoms with Gasteiger partial charge in [-0.05, 0) is 65.0 Å². The lowest BCUT2D eigenvalue weighted by atomic mass is 10.2. The highest BCUT2D eigenvalue weighted by molar-refractivity contribution is 9.10. The SMILES string of the molecule is O=S(O)N(CC1CC1)c1ccccc1Nc1nc(Nc2ccc3cn[nH]c3c2)ncc1Br. The summed E-state index contributed by atoms with van der Waals surface area (Å²) < 4.78 is 24.1. The molecule has 1 atom stereocenters. The van der Waals surface area contributed by atoms with Crippen molar-refractivity contribution >= 4 is 66.9 Å².